The summed E-state index contributed by atoms with van der Waals surface area (Å²) in [5.41, 5.74) is 3.47. The van der Waals surface area contributed by atoms with Gasteiger partial charge < -0.3 is 9.88 Å². The van der Waals surface area contributed by atoms with Crippen LogP contribution in [0.1, 0.15) is 5.69 Å². The van der Waals surface area contributed by atoms with E-state index in [1.54, 1.807) is 18.6 Å². The Balaban J connectivity index is 1.73. The van der Waals surface area contributed by atoms with E-state index in [1.807, 2.05) is 60.3 Å². The maximum atomic E-state index is 6.17. The third-order valence-electron chi connectivity index (χ3n) is 4.11. The molecule has 0 fully saturated rings. The number of nitrogens with one attached hydrogen (secondary N) is 1. The second kappa shape index (κ2) is 7.55. The molecule has 3 heterocycles. The molecule has 0 spiro atoms. The van der Waals surface area contributed by atoms with Crippen molar-refractivity contribution in [1.82, 2.24) is 24.5 Å². The van der Waals surface area contributed by atoms with E-state index in [2.05, 4.69) is 20.3 Å². The van der Waals surface area contributed by atoms with Gasteiger partial charge >= 0.3 is 0 Å². The molecule has 0 saturated heterocycles. The number of nitrogens with zero attached hydrogens (tertiary/aromatic N) is 5. The van der Waals surface area contributed by atoms with Crippen LogP contribution in [-0.4, -0.2) is 24.5 Å². The van der Waals surface area contributed by atoms with E-state index in [9.17, 15) is 0 Å². The summed E-state index contributed by atoms with van der Waals surface area (Å²) in [7, 11) is 1.94. The molecule has 0 atom stereocenters. The van der Waals surface area contributed by atoms with Gasteiger partial charge in [-0.1, -0.05) is 29.8 Å². The third kappa shape index (κ3) is 3.80. The van der Waals surface area contributed by atoms with Gasteiger partial charge in [0, 0.05) is 42.4 Å². The van der Waals surface area contributed by atoms with Crippen molar-refractivity contribution in [3.63, 3.8) is 0 Å². The molecule has 134 valence electrons. The van der Waals surface area contributed by atoms with Crippen LogP contribution in [0.4, 0.5) is 5.95 Å². The van der Waals surface area contributed by atoms with Crippen molar-refractivity contribution in [2.24, 2.45) is 7.05 Å². The summed E-state index contributed by atoms with van der Waals surface area (Å²) in [6.07, 6.45) is 7.20. The molecule has 0 unspecified atom stereocenters. The first-order chi connectivity index (χ1) is 13.2. The van der Waals surface area contributed by atoms with Crippen LogP contribution >= 0.6 is 11.6 Å². The fourth-order valence-electron chi connectivity index (χ4n) is 2.77. The van der Waals surface area contributed by atoms with Gasteiger partial charge in [-0.05, 0) is 29.8 Å². The van der Waals surface area contributed by atoms with Crippen LogP contribution in [0.3, 0.4) is 0 Å². The molecule has 0 amide bonds. The maximum Gasteiger partial charge on any atom is 0.223 e. The molecule has 1 aromatic carbocycles. The minimum absolute atomic E-state index is 0.518. The van der Waals surface area contributed by atoms with Gasteiger partial charge in [-0.25, -0.2) is 15.0 Å². The lowest BCUT2D eigenvalue weighted by atomic mass is 10.1. The molecule has 0 aliphatic heterocycles. The summed E-state index contributed by atoms with van der Waals surface area (Å²) in [5.74, 6) is 1.28. The summed E-state index contributed by atoms with van der Waals surface area (Å²) in [4.78, 5) is 18.0. The van der Waals surface area contributed by atoms with Gasteiger partial charge in [0.05, 0.1) is 12.2 Å². The zero-order valence-corrected chi connectivity index (χ0v) is 15.4. The number of anilines is 1. The Kier molecular flexibility index (Phi) is 4.80. The predicted octanol–water partition coefficient (Wildman–Crippen LogP) is 4.20. The van der Waals surface area contributed by atoms with Crippen molar-refractivity contribution in [3.8, 4) is 22.6 Å². The maximum absolute atomic E-state index is 6.17. The van der Waals surface area contributed by atoms with E-state index in [4.69, 9.17) is 16.6 Å². The Morgan fingerprint density at radius 3 is 2.70 bits per heavy atom. The molecule has 4 aromatic rings. The Morgan fingerprint density at radius 1 is 1.04 bits per heavy atom. The summed E-state index contributed by atoms with van der Waals surface area (Å²) in [6, 6.07) is 13.4. The molecule has 1 N–H and O–H groups in total. The molecule has 0 radical (unpaired) electrons. The van der Waals surface area contributed by atoms with Crippen LogP contribution in [0.5, 0.6) is 0 Å². The molecule has 7 heteroatoms. The van der Waals surface area contributed by atoms with E-state index in [0.717, 1.165) is 28.3 Å². The average molecular weight is 377 g/mol. The van der Waals surface area contributed by atoms with Gasteiger partial charge in [-0.15, -0.1) is 0 Å². The van der Waals surface area contributed by atoms with Gasteiger partial charge in [-0.2, -0.15) is 0 Å². The fourth-order valence-corrected chi connectivity index (χ4v) is 2.96. The standard InChI is InChI=1S/C20H17ClN6/c1-27-10-9-23-19(27)18-17(14-5-4-6-15(21)11-14)13-25-20(26-18)24-12-16-7-2-3-8-22-16/h2-11,13H,12H2,1H3,(H,24,25,26). The quantitative estimate of drug-likeness (QED) is 0.565. The molecule has 0 bridgehead atoms. The predicted molar refractivity (Wildman–Crippen MR) is 106 cm³/mol. The Labute approximate surface area is 161 Å². The van der Waals surface area contributed by atoms with Crippen LogP contribution in [0.2, 0.25) is 5.02 Å². The molecule has 0 saturated carbocycles. The van der Waals surface area contributed by atoms with Crippen molar-refractivity contribution >= 4 is 17.5 Å². The fraction of sp³-hybridized carbons (Fsp3) is 0.100. The van der Waals surface area contributed by atoms with Crippen LogP contribution in [0.15, 0.2) is 67.3 Å². The van der Waals surface area contributed by atoms with Crippen molar-refractivity contribution in [2.75, 3.05) is 5.32 Å². The lowest BCUT2D eigenvalue weighted by Crippen LogP contribution is -2.07. The van der Waals surface area contributed by atoms with Crippen LogP contribution in [-0.2, 0) is 13.6 Å². The van der Waals surface area contributed by atoms with E-state index in [0.29, 0.717) is 17.5 Å². The highest BCUT2D eigenvalue weighted by Crippen LogP contribution is 2.31. The van der Waals surface area contributed by atoms with Gasteiger partial charge in [-0.3, -0.25) is 4.98 Å². The number of hydrogen-bond donors (Lipinski definition) is 1. The monoisotopic (exact) mass is 376 g/mol. The van der Waals surface area contributed by atoms with E-state index < -0.39 is 0 Å². The molecular weight excluding hydrogens is 360 g/mol. The van der Waals surface area contributed by atoms with Gasteiger partial charge in [0.15, 0.2) is 5.82 Å². The molecule has 0 aliphatic rings. The SMILES string of the molecule is Cn1ccnc1-c1nc(NCc2ccccn2)ncc1-c1cccc(Cl)c1. The first kappa shape index (κ1) is 17.2. The minimum Gasteiger partial charge on any atom is -0.349 e. The molecule has 27 heavy (non-hydrogen) atoms. The smallest absolute Gasteiger partial charge is 0.223 e. The van der Waals surface area contributed by atoms with Crippen LogP contribution in [0, 0.1) is 0 Å². The lowest BCUT2D eigenvalue weighted by Gasteiger charge is -2.12. The largest absolute Gasteiger partial charge is 0.349 e. The summed E-state index contributed by atoms with van der Waals surface area (Å²) in [5, 5.41) is 3.89. The number of benzene rings is 1. The summed E-state index contributed by atoms with van der Waals surface area (Å²) < 4.78 is 1.93. The van der Waals surface area contributed by atoms with E-state index >= 15 is 0 Å². The number of imidazole rings is 1. The molecule has 3 aromatic heterocycles. The van der Waals surface area contributed by atoms with Crippen molar-refractivity contribution < 1.29 is 0 Å². The summed E-state index contributed by atoms with van der Waals surface area (Å²) in [6.45, 7) is 0.539. The zero-order chi connectivity index (χ0) is 18.6. The first-order valence-electron chi connectivity index (χ1n) is 8.45. The minimum atomic E-state index is 0.518. The number of rotatable bonds is 5. The zero-order valence-electron chi connectivity index (χ0n) is 14.7. The van der Waals surface area contributed by atoms with Gasteiger partial charge in [0.1, 0.15) is 5.69 Å². The number of hydrogen-bond acceptors (Lipinski definition) is 5. The lowest BCUT2D eigenvalue weighted by molar-refractivity contribution is 0.914. The molecular formula is C20H17ClN6. The molecule has 0 aliphatic carbocycles. The first-order valence-corrected chi connectivity index (χ1v) is 8.83. The number of aryl methyl sites for hydroxylation is 1. The van der Waals surface area contributed by atoms with E-state index in [1.165, 1.54) is 0 Å². The van der Waals surface area contributed by atoms with Crippen LogP contribution < -0.4 is 5.32 Å². The topological polar surface area (TPSA) is 68.5 Å². The average Bonchev–Trinajstić information content (AvgIpc) is 3.13. The van der Waals surface area contributed by atoms with Gasteiger partial charge in [0.25, 0.3) is 0 Å². The van der Waals surface area contributed by atoms with Gasteiger partial charge in [0.2, 0.25) is 5.95 Å². The summed E-state index contributed by atoms with van der Waals surface area (Å²) >= 11 is 6.17. The Hall–Kier alpha value is -3.25. The number of aromatic nitrogens is 5. The Morgan fingerprint density at radius 2 is 1.96 bits per heavy atom. The molecule has 4 rings (SSSR count). The Bertz CT molecular complexity index is 1060. The molecule has 6 nitrogen and oxygen atoms in total. The van der Waals surface area contributed by atoms with Crippen LogP contribution in [0.25, 0.3) is 22.6 Å². The third-order valence-corrected chi connectivity index (χ3v) is 4.35. The highest BCUT2D eigenvalue weighted by Gasteiger charge is 2.15. The second-order valence-corrected chi connectivity index (χ2v) is 6.44. The number of halogens is 1. The highest BCUT2D eigenvalue weighted by atomic mass is 35.5. The van der Waals surface area contributed by atoms with E-state index in [-0.39, 0.29) is 0 Å². The van der Waals surface area contributed by atoms with Crippen molar-refractivity contribution in [1.29, 1.82) is 0 Å². The number of pyridine rings is 1. The van der Waals surface area contributed by atoms with Crippen molar-refractivity contribution in [2.45, 2.75) is 6.54 Å². The highest BCUT2D eigenvalue weighted by molar-refractivity contribution is 6.30. The second-order valence-electron chi connectivity index (χ2n) is 6.00. The normalized spacial score (nSPS) is 10.7. The van der Waals surface area contributed by atoms with Crippen molar-refractivity contribution in [3.05, 3.63) is 78.0 Å².